The molecular formula is C26H24N2O6S. The van der Waals surface area contributed by atoms with E-state index in [9.17, 15) is 14.4 Å². The minimum absolute atomic E-state index is 0.0860. The Labute approximate surface area is 206 Å². The Morgan fingerprint density at radius 3 is 2.37 bits per heavy atom. The van der Waals surface area contributed by atoms with E-state index in [2.05, 4.69) is 10.6 Å². The molecule has 1 aliphatic heterocycles. The molecule has 0 spiro atoms. The van der Waals surface area contributed by atoms with E-state index in [-0.39, 0.29) is 23.8 Å². The number of ether oxygens (including phenoxy) is 2. The molecule has 1 aromatic heterocycles. The van der Waals surface area contributed by atoms with Crippen molar-refractivity contribution in [3.8, 4) is 0 Å². The van der Waals surface area contributed by atoms with E-state index in [1.807, 2.05) is 37.3 Å². The number of thiophene rings is 1. The molecule has 2 aromatic carbocycles. The maximum Gasteiger partial charge on any atom is 0.335 e. The van der Waals surface area contributed by atoms with Crippen LogP contribution < -0.4 is 10.6 Å². The second-order valence-corrected chi connectivity index (χ2v) is 8.95. The Balaban J connectivity index is 1.54. The number of amides is 2. The van der Waals surface area contributed by atoms with Crippen LogP contribution in [0.15, 0.2) is 72.7 Å². The predicted molar refractivity (Wildman–Crippen MR) is 132 cm³/mol. The molecule has 0 aliphatic carbocycles. The standard InChI is InChI=1S/C26H24N2O6S/c1-2-19-13-20(25(35-19)28-23(29)17-8-10-18(11-9-17)26(31)32)24(30)27-21(22-14-33-15-34-22)12-16-6-4-3-5-7-16/h3-11,13-14,21H,2,12,15H2,1H3,(H,27,30)(H,28,29)(H,31,32). The lowest BCUT2D eigenvalue weighted by Crippen LogP contribution is -2.38. The Morgan fingerprint density at radius 2 is 1.74 bits per heavy atom. The van der Waals surface area contributed by atoms with Gasteiger partial charge in [0.05, 0.1) is 17.2 Å². The van der Waals surface area contributed by atoms with Gasteiger partial charge in [-0.2, -0.15) is 0 Å². The first-order valence-corrected chi connectivity index (χ1v) is 11.8. The van der Waals surface area contributed by atoms with Crippen LogP contribution in [0.5, 0.6) is 0 Å². The van der Waals surface area contributed by atoms with Crippen LogP contribution in [0.2, 0.25) is 0 Å². The fraction of sp³-hybridized carbons (Fsp3) is 0.192. The lowest BCUT2D eigenvalue weighted by Gasteiger charge is -2.19. The molecule has 2 heterocycles. The Bertz CT molecular complexity index is 1250. The molecule has 1 aliphatic rings. The van der Waals surface area contributed by atoms with Crippen molar-refractivity contribution in [2.45, 2.75) is 25.8 Å². The van der Waals surface area contributed by atoms with Crippen molar-refractivity contribution >= 4 is 34.1 Å². The Hall–Kier alpha value is -4.11. The molecular weight excluding hydrogens is 468 g/mol. The van der Waals surface area contributed by atoms with E-state index >= 15 is 0 Å². The minimum Gasteiger partial charge on any atom is -0.478 e. The zero-order chi connectivity index (χ0) is 24.8. The van der Waals surface area contributed by atoms with E-state index in [0.29, 0.717) is 29.2 Å². The van der Waals surface area contributed by atoms with Crippen molar-refractivity contribution in [3.05, 3.63) is 99.8 Å². The third kappa shape index (κ3) is 5.88. The number of aromatic carboxylic acids is 1. The highest BCUT2D eigenvalue weighted by atomic mass is 32.1. The molecule has 3 aromatic rings. The van der Waals surface area contributed by atoms with Crippen LogP contribution in [0.4, 0.5) is 5.00 Å². The molecule has 9 heteroatoms. The molecule has 1 atom stereocenters. The van der Waals surface area contributed by atoms with E-state index < -0.39 is 17.9 Å². The van der Waals surface area contributed by atoms with Gasteiger partial charge in [-0.25, -0.2) is 4.79 Å². The Kier molecular flexibility index (Phi) is 7.47. The zero-order valence-corrected chi connectivity index (χ0v) is 19.8. The molecule has 180 valence electrons. The first-order valence-electron chi connectivity index (χ1n) is 11.0. The molecule has 0 bridgehead atoms. The quantitative estimate of drug-likeness (QED) is 0.407. The number of hydrogen-bond donors (Lipinski definition) is 3. The molecule has 3 N–H and O–H groups in total. The van der Waals surface area contributed by atoms with Gasteiger partial charge in [0.2, 0.25) is 6.79 Å². The summed E-state index contributed by atoms with van der Waals surface area (Å²) in [6.07, 6.45) is 2.70. The van der Waals surface area contributed by atoms with E-state index in [1.165, 1.54) is 41.9 Å². The third-order valence-corrected chi connectivity index (χ3v) is 6.62. The predicted octanol–water partition coefficient (Wildman–Crippen LogP) is 4.45. The summed E-state index contributed by atoms with van der Waals surface area (Å²) in [5.74, 6) is -1.33. The summed E-state index contributed by atoms with van der Waals surface area (Å²) in [5.41, 5.74) is 1.74. The normalized spacial score (nSPS) is 13.2. The molecule has 8 nitrogen and oxygen atoms in total. The number of hydrogen-bond acceptors (Lipinski definition) is 6. The van der Waals surface area contributed by atoms with Crippen molar-refractivity contribution in [1.82, 2.24) is 5.32 Å². The van der Waals surface area contributed by atoms with Crippen LogP contribution in [0.3, 0.4) is 0 Å². The zero-order valence-electron chi connectivity index (χ0n) is 18.9. The highest BCUT2D eigenvalue weighted by Crippen LogP contribution is 2.30. The van der Waals surface area contributed by atoms with Gasteiger partial charge in [0.1, 0.15) is 11.3 Å². The second kappa shape index (κ2) is 10.9. The number of nitrogens with one attached hydrogen (secondary N) is 2. The van der Waals surface area contributed by atoms with Gasteiger partial charge >= 0.3 is 5.97 Å². The summed E-state index contributed by atoms with van der Waals surface area (Å²) in [4.78, 5) is 38.2. The molecule has 0 radical (unpaired) electrons. The summed E-state index contributed by atoms with van der Waals surface area (Å²) < 4.78 is 10.8. The number of carboxylic acids is 1. The van der Waals surface area contributed by atoms with Crippen molar-refractivity contribution in [3.63, 3.8) is 0 Å². The van der Waals surface area contributed by atoms with Gasteiger partial charge in [0.15, 0.2) is 5.76 Å². The molecule has 0 saturated heterocycles. The van der Waals surface area contributed by atoms with Gasteiger partial charge < -0.3 is 25.2 Å². The van der Waals surface area contributed by atoms with Crippen LogP contribution in [0.25, 0.3) is 0 Å². The number of carbonyl (C=O) groups excluding carboxylic acids is 2. The van der Waals surface area contributed by atoms with Crippen molar-refractivity contribution in [2.24, 2.45) is 0 Å². The molecule has 2 amide bonds. The van der Waals surface area contributed by atoms with Gasteiger partial charge in [0.25, 0.3) is 11.8 Å². The number of aryl methyl sites for hydroxylation is 1. The van der Waals surface area contributed by atoms with E-state index in [4.69, 9.17) is 14.6 Å². The molecule has 0 saturated carbocycles. The van der Waals surface area contributed by atoms with Crippen LogP contribution >= 0.6 is 11.3 Å². The van der Waals surface area contributed by atoms with Crippen molar-refractivity contribution < 1.29 is 29.0 Å². The molecule has 35 heavy (non-hydrogen) atoms. The van der Waals surface area contributed by atoms with Crippen LogP contribution in [0, 0.1) is 0 Å². The Morgan fingerprint density at radius 1 is 1.03 bits per heavy atom. The van der Waals surface area contributed by atoms with Crippen LogP contribution in [0.1, 0.15) is 48.4 Å². The average molecular weight is 493 g/mol. The summed E-state index contributed by atoms with van der Waals surface area (Å²) in [6.45, 7) is 2.06. The second-order valence-electron chi connectivity index (χ2n) is 7.81. The lowest BCUT2D eigenvalue weighted by atomic mass is 10.0. The van der Waals surface area contributed by atoms with E-state index in [0.717, 1.165) is 10.4 Å². The summed E-state index contributed by atoms with van der Waals surface area (Å²) in [5, 5.41) is 15.3. The van der Waals surface area contributed by atoms with Gasteiger partial charge in [-0.15, -0.1) is 11.3 Å². The highest BCUT2D eigenvalue weighted by Gasteiger charge is 2.26. The largest absolute Gasteiger partial charge is 0.478 e. The van der Waals surface area contributed by atoms with Crippen LogP contribution in [-0.2, 0) is 22.3 Å². The molecule has 1 unspecified atom stereocenters. The first-order chi connectivity index (χ1) is 16.9. The fourth-order valence-corrected chi connectivity index (χ4v) is 4.55. The number of anilines is 1. The average Bonchev–Trinajstić information content (AvgIpc) is 3.55. The summed E-state index contributed by atoms with van der Waals surface area (Å²) in [6, 6.07) is 16.6. The van der Waals surface area contributed by atoms with E-state index in [1.54, 1.807) is 6.07 Å². The van der Waals surface area contributed by atoms with Gasteiger partial charge in [0, 0.05) is 16.9 Å². The van der Waals surface area contributed by atoms with Gasteiger partial charge in [-0.05, 0) is 42.3 Å². The first kappa shape index (κ1) is 24.0. The van der Waals surface area contributed by atoms with Crippen LogP contribution in [-0.4, -0.2) is 35.7 Å². The lowest BCUT2D eigenvalue weighted by molar-refractivity contribution is 0.0696. The maximum absolute atomic E-state index is 13.3. The number of carboxylic acid groups (broad SMARTS) is 1. The molecule has 4 rings (SSSR count). The minimum atomic E-state index is -1.07. The highest BCUT2D eigenvalue weighted by molar-refractivity contribution is 7.16. The number of benzene rings is 2. The van der Waals surface area contributed by atoms with Gasteiger partial charge in [-0.3, -0.25) is 9.59 Å². The number of carbonyl (C=O) groups is 3. The maximum atomic E-state index is 13.3. The molecule has 0 fully saturated rings. The fourth-order valence-electron chi connectivity index (χ4n) is 3.56. The monoisotopic (exact) mass is 492 g/mol. The smallest absolute Gasteiger partial charge is 0.335 e. The SMILES string of the molecule is CCc1cc(C(=O)NC(Cc2ccccc2)C2=COCO2)c(NC(=O)c2ccc(C(=O)O)cc2)s1. The number of rotatable bonds is 9. The van der Waals surface area contributed by atoms with Crippen molar-refractivity contribution in [1.29, 1.82) is 0 Å². The topological polar surface area (TPSA) is 114 Å². The van der Waals surface area contributed by atoms with Crippen molar-refractivity contribution in [2.75, 3.05) is 12.1 Å². The summed E-state index contributed by atoms with van der Waals surface area (Å²) in [7, 11) is 0. The third-order valence-electron chi connectivity index (χ3n) is 5.42. The summed E-state index contributed by atoms with van der Waals surface area (Å²) >= 11 is 1.32. The van der Waals surface area contributed by atoms with Gasteiger partial charge in [-0.1, -0.05) is 37.3 Å².